The Balaban J connectivity index is 2.16. The minimum atomic E-state index is -4.07. The van der Waals surface area contributed by atoms with Gasteiger partial charge in [-0.3, -0.25) is 4.31 Å². The van der Waals surface area contributed by atoms with Crippen molar-refractivity contribution >= 4 is 38.9 Å². The molecule has 0 aromatic heterocycles. The van der Waals surface area contributed by atoms with Crippen molar-refractivity contribution in [2.24, 2.45) is 0 Å². The van der Waals surface area contributed by atoms with Gasteiger partial charge in [0, 0.05) is 5.02 Å². The smallest absolute Gasteiger partial charge is 0.264 e. The summed E-state index contributed by atoms with van der Waals surface area (Å²) in [7, 11) is -2.54. The van der Waals surface area contributed by atoms with Crippen LogP contribution < -0.4 is 9.04 Å². The van der Waals surface area contributed by atoms with E-state index in [9.17, 15) is 12.8 Å². The number of rotatable bonds is 6. The number of nitrogens with zero attached hydrogens (tertiary/aromatic N) is 1. The molecule has 1 atom stereocenters. The summed E-state index contributed by atoms with van der Waals surface area (Å²) in [5.74, 6) is -0.0860. The number of hydrogen-bond donors (Lipinski definition) is 0. The van der Waals surface area contributed by atoms with Crippen molar-refractivity contribution in [2.45, 2.75) is 17.9 Å². The lowest BCUT2D eigenvalue weighted by molar-refractivity contribution is 0.414. The second-order valence-electron chi connectivity index (χ2n) is 6.31. The predicted octanol–water partition coefficient (Wildman–Crippen LogP) is 6.10. The first-order valence-electron chi connectivity index (χ1n) is 8.63. The normalized spacial score (nSPS) is 12.4. The number of halogens is 3. The van der Waals surface area contributed by atoms with E-state index in [-0.39, 0.29) is 9.92 Å². The van der Waals surface area contributed by atoms with Crippen LogP contribution in [-0.4, -0.2) is 15.5 Å². The molecule has 29 heavy (non-hydrogen) atoms. The van der Waals surface area contributed by atoms with E-state index in [1.54, 1.807) is 49.4 Å². The quantitative estimate of drug-likeness (QED) is 0.452. The van der Waals surface area contributed by atoms with Crippen LogP contribution in [0.25, 0.3) is 0 Å². The van der Waals surface area contributed by atoms with Gasteiger partial charge in [-0.2, -0.15) is 0 Å². The van der Waals surface area contributed by atoms with Crippen LogP contribution in [0.5, 0.6) is 5.75 Å². The standard InChI is InChI=1S/C21H18Cl2FNO3S/c1-14(15-4-3-5-18(12-15)28-2)25(17-8-6-16(22)7-9-17)29(26,27)19-10-11-21(24)20(23)13-19/h3-14H,1-2H3. The van der Waals surface area contributed by atoms with Crippen LogP contribution in [0.1, 0.15) is 18.5 Å². The summed E-state index contributed by atoms with van der Waals surface area (Å²) in [5, 5.41) is 0.209. The van der Waals surface area contributed by atoms with Gasteiger partial charge in [0.25, 0.3) is 10.0 Å². The van der Waals surface area contributed by atoms with E-state index in [4.69, 9.17) is 27.9 Å². The number of methoxy groups -OCH3 is 1. The lowest BCUT2D eigenvalue weighted by Crippen LogP contribution is -2.33. The minimum Gasteiger partial charge on any atom is -0.497 e. The molecule has 0 spiro atoms. The van der Waals surface area contributed by atoms with Crippen molar-refractivity contribution in [3.8, 4) is 5.75 Å². The lowest BCUT2D eigenvalue weighted by atomic mass is 10.1. The van der Waals surface area contributed by atoms with Gasteiger partial charge in [-0.15, -0.1) is 0 Å². The molecule has 0 aliphatic rings. The van der Waals surface area contributed by atoms with Gasteiger partial charge in [0.05, 0.1) is 28.8 Å². The summed E-state index contributed by atoms with van der Waals surface area (Å²) in [6.07, 6.45) is 0. The molecule has 0 bridgehead atoms. The molecule has 0 saturated heterocycles. The maximum atomic E-state index is 13.6. The molecule has 0 heterocycles. The summed E-state index contributed by atoms with van der Waals surface area (Å²) in [6.45, 7) is 1.76. The fraction of sp³-hybridized carbons (Fsp3) is 0.143. The van der Waals surface area contributed by atoms with Gasteiger partial charge in [-0.1, -0.05) is 35.3 Å². The molecule has 0 N–H and O–H groups in total. The average Bonchev–Trinajstić information content (AvgIpc) is 2.71. The number of sulfonamides is 1. The molecule has 8 heteroatoms. The third-order valence-electron chi connectivity index (χ3n) is 4.46. The fourth-order valence-corrected chi connectivity index (χ4v) is 4.99. The highest BCUT2D eigenvalue weighted by molar-refractivity contribution is 7.92. The number of hydrogen-bond acceptors (Lipinski definition) is 3. The van der Waals surface area contributed by atoms with Crippen molar-refractivity contribution in [1.29, 1.82) is 0 Å². The van der Waals surface area contributed by atoms with Gasteiger partial charge in [0.2, 0.25) is 0 Å². The van der Waals surface area contributed by atoms with Crippen molar-refractivity contribution in [3.63, 3.8) is 0 Å². The van der Waals surface area contributed by atoms with Crippen molar-refractivity contribution in [3.05, 3.63) is 88.2 Å². The molecule has 0 amide bonds. The van der Waals surface area contributed by atoms with E-state index in [1.807, 2.05) is 6.07 Å². The summed E-state index contributed by atoms with van der Waals surface area (Å²) in [4.78, 5) is -0.117. The first kappa shape index (κ1) is 21.4. The van der Waals surface area contributed by atoms with Gasteiger partial charge < -0.3 is 4.74 Å². The van der Waals surface area contributed by atoms with Crippen LogP contribution in [-0.2, 0) is 10.0 Å². The maximum Gasteiger partial charge on any atom is 0.264 e. The number of anilines is 1. The third kappa shape index (κ3) is 4.50. The molecule has 4 nitrogen and oxygen atoms in total. The molecule has 0 aliphatic heterocycles. The van der Waals surface area contributed by atoms with Crippen molar-refractivity contribution < 1.29 is 17.5 Å². The topological polar surface area (TPSA) is 46.6 Å². The summed E-state index contributed by atoms with van der Waals surface area (Å²) in [5.41, 5.74) is 1.13. The molecule has 1 unspecified atom stereocenters. The third-order valence-corrected chi connectivity index (χ3v) is 6.89. The molecule has 152 valence electrons. The van der Waals surface area contributed by atoms with Crippen LogP contribution in [0.3, 0.4) is 0 Å². The summed E-state index contributed by atoms with van der Waals surface area (Å²) >= 11 is 11.8. The van der Waals surface area contributed by atoms with Gasteiger partial charge in [-0.25, -0.2) is 12.8 Å². The van der Waals surface area contributed by atoms with Crippen LogP contribution in [0.4, 0.5) is 10.1 Å². The van der Waals surface area contributed by atoms with Crippen LogP contribution in [0.2, 0.25) is 10.0 Å². The Morgan fingerprint density at radius 1 is 1.00 bits per heavy atom. The highest BCUT2D eigenvalue weighted by Crippen LogP contribution is 2.35. The Hall–Kier alpha value is -2.28. The van der Waals surface area contributed by atoms with Gasteiger partial charge >= 0.3 is 0 Å². The van der Waals surface area contributed by atoms with Crippen LogP contribution in [0.15, 0.2) is 71.6 Å². The Labute approximate surface area is 179 Å². The zero-order valence-electron chi connectivity index (χ0n) is 15.6. The van der Waals surface area contributed by atoms with E-state index in [2.05, 4.69) is 0 Å². The molecular weight excluding hydrogens is 436 g/mol. The first-order valence-corrected chi connectivity index (χ1v) is 10.8. The van der Waals surface area contributed by atoms with Crippen molar-refractivity contribution in [1.82, 2.24) is 0 Å². The maximum absolute atomic E-state index is 13.6. The number of ether oxygens (including phenoxy) is 1. The highest BCUT2D eigenvalue weighted by Gasteiger charge is 2.31. The van der Waals surface area contributed by atoms with Crippen LogP contribution >= 0.6 is 23.2 Å². The SMILES string of the molecule is COc1cccc(C(C)N(c2ccc(Cl)cc2)S(=O)(=O)c2ccc(F)c(Cl)c2)c1. The Kier molecular flexibility index (Phi) is 6.36. The monoisotopic (exact) mass is 453 g/mol. The van der Waals surface area contributed by atoms with Gasteiger partial charge in [-0.05, 0) is 67.1 Å². The average molecular weight is 454 g/mol. The second kappa shape index (κ2) is 8.61. The predicted molar refractivity (Wildman–Crippen MR) is 114 cm³/mol. The van der Waals surface area contributed by atoms with E-state index in [1.165, 1.54) is 17.5 Å². The van der Waals surface area contributed by atoms with E-state index in [0.717, 1.165) is 17.7 Å². The zero-order chi connectivity index (χ0) is 21.2. The Bertz CT molecular complexity index is 1120. The second-order valence-corrected chi connectivity index (χ2v) is 8.96. The number of benzene rings is 3. The minimum absolute atomic E-state index is 0.117. The molecule has 3 rings (SSSR count). The molecular formula is C21H18Cl2FNO3S. The summed E-state index contributed by atoms with van der Waals surface area (Å²) < 4.78 is 47.2. The Morgan fingerprint density at radius 2 is 1.69 bits per heavy atom. The van der Waals surface area contributed by atoms with Gasteiger partial charge in [0.15, 0.2) is 0 Å². The van der Waals surface area contributed by atoms with E-state index >= 15 is 0 Å². The summed E-state index contributed by atoms with van der Waals surface area (Å²) in [6, 6.07) is 16.3. The van der Waals surface area contributed by atoms with Gasteiger partial charge in [0.1, 0.15) is 11.6 Å². The molecule has 0 aliphatic carbocycles. The molecule has 3 aromatic rings. The van der Waals surface area contributed by atoms with E-state index < -0.39 is 21.9 Å². The van der Waals surface area contributed by atoms with Crippen molar-refractivity contribution in [2.75, 3.05) is 11.4 Å². The zero-order valence-corrected chi connectivity index (χ0v) is 18.0. The Morgan fingerprint density at radius 3 is 2.31 bits per heavy atom. The van der Waals surface area contributed by atoms with E-state index in [0.29, 0.717) is 16.5 Å². The molecule has 0 saturated carbocycles. The lowest BCUT2D eigenvalue weighted by Gasteiger charge is -2.31. The molecule has 3 aromatic carbocycles. The first-order chi connectivity index (χ1) is 13.7. The fourth-order valence-electron chi connectivity index (χ4n) is 2.95. The largest absolute Gasteiger partial charge is 0.497 e. The molecule has 0 fully saturated rings. The highest BCUT2D eigenvalue weighted by atomic mass is 35.5. The van der Waals surface area contributed by atoms with Crippen LogP contribution in [0, 0.1) is 5.82 Å². The molecule has 0 radical (unpaired) electrons.